The van der Waals surface area contributed by atoms with Crippen LogP contribution in [0.3, 0.4) is 0 Å². The van der Waals surface area contributed by atoms with E-state index in [0.717, 1.165) is 19.4 Å². The second-order valence-electron chi connectivity index (χ2n) is 5.51. The third-order valence-electron chi connectivity index (χ3n) is 3.22. The molecule has 0 unspecified atom stereocenters. The number of sulfone groups is 1. The number of hydrogen-bond acceptors (Lipinski definition) is 4. The Kier molecular flexibility index (Phi) is 5.16. The van der Waals surface area contributed by atoms with Gasteiger partial charge in [-0.05, 0) is 31.7 Å². The van der Waals surface area contributed by atoms with Gasteiger partial charge >= 0.3 is 0 Å². The Balaban J connectivity index is 2.32. The van der Waals surface area contributed by atoms with Crippen LogP contribution in [0, 0.1) is 5.41 Å². The number of amides is 1. The summed E-state index contributed by atoms with van der Waals surface area (Å²) in [5, 5.41) is 6.06. The Hall–Kier alpha value is -0.620. The van der Waals surface area contributed by atoms with Gasteiger partial charge in [0.15, 0.2) is 0 Å². The molecule has 106 valence electrons. The lowest BCUT2D eigenvalue weighted by atomic mass is 10.1. The number of carbonyl (C=O) groups is 1. The summed E-state index contributed by atoms with van der Waals surface area (Å²) < 4.78 is 22.6. The standard InChI is InChI=1S/C12H24N2O3S/c1-4-13-10(2)8-14-11(15)7-12(5-6-12)9-18(3,16)17/h10,13H,4-9H2,1-3H3,(H,14,15)/t10-/m1/s1. The maximum Gasteiger partial charge on any atom is 0.220 e. The first-order chi connectivity index (χ1) is 8.26. The third-order valence-corrected chi connectivity index (χ3v) is 4.36. The average Bonchev–Trinajstić information content (AvgIpc) is 2.92. The summed E-state index contributed by atoms with van der Waals surface area (Å²) >= 11 is 0. The van der Waals surface area contributed by atoms with E-state index >= 15 is 0 Å². The molecule has 6 heteroatoms. The number of likely N-dealkylation sites (N-methyl/N-ethyl adjacent to an activating group) is 1. The van der Waals surface area contributed by atoms with E-state index in [1.165, 1.54) is 6.26 Å². The Labute approximate surface area is 110 Å². The molecule has 0 saturated heterocycles. The molecule has 2 N–H and O–H groups in total. The fourth-order valence-corrected chi connectivity index (χ4v) is 3.70. The maximum atomic E-state index is 11.8. The second-order valence-corrected chi connectivity index (χ2v) is 7.65. The maximum absolute atomic E-state index is 11.8. The summed E-state index contributed by atoms with van der Waals surface area (Å²) in [6, 6.07) is 0.240. The van der Waals surface area contributed by atoms with Gasteiger partial charge < -0.3 is 10.6 Å². The molecule has 0 aromatic heterocycles. The van der Waals surface area contributed by atoms with E-state index in [1.807, 2.05) is 13.8 Å². The Bertz CT molecular complexity index is 388. The quantitative estimate of drug-likeness (QED) is 0.669. The molecule has 0 aliphatic heterocycles. The van der Waals surface area contributed by atoms with Gasteiger partial charge in [-0.1, -0.05) is 6.92 Å². The lowest BCUT2D eigenvalue weighted by Crippen LogP contribution is -2.39. The first-order valence-corrected chi connectivity index (χ1v) is 8.50. The molecule has 0 bridgehead atoms. The van der Waals surface area contributed by atoms with Crippen LogP contribution in [-0.2, 0) is 14.6 Å². The number of hydrogen-bond donors (Lipinski definition) is 2. The van der Waals surface area contributed by atoms with E-state index in [0.29, 0.717) is 13.0 Å². The second kappa shape index (κ2) is 6.02. The Morgan fingerprint density at radius 3 is 2.44 bits per heavy atom. The minimum atomic E-state index is -3.00. The van der Waals surface area contributed by atoms with Gasteiger partial charge in [0.1, 0.15) is 9.84 Å². The van der Waals surface area contributed by atoms with Crippen LogP contribution in [0.25, 0.3) is 0 Å². The molecule has 18 heavy (non-hydrogen) atoms. The topological polar surface area (TPSA) is 75.3 Å². The normalized spacial score (nSPS) is 19.3. The minimum Gasteiger partial charge on any atom is -0.355 e. The summed E-state index contributed by atoms with van der Waals surface area (Å²) in [5.41, 5.74) is -0.279. The van der Waals surface area contributed by atoms with Crippen molar-refractivity contribution in [2.75, 3.05) is 25.1 Å². The minimum absolute atomic E-state index is 0.0408. The Morgan fingerprint density at radius 1 is 1.39 bits per heavy atom. The zero-order valence-corrected chi connectivity index (χ0v) is 12.3. The lowest BCUT2D eigenvalue weighted by molar-refractivity contribution is -0.122. The van der Waals surface area contributed by atoms with E-state index in [1.54, 1.807) is 0 Å². The predicted molar refractivity (Wildman–Crippen MR) is 72.1 cm³/mol. The summed E-state index contributed by atoms with van der Waals surface area (Å²) in [6.07, 6.45) is 3.25. The number of carbonyl (C=O) groups excluding carboxylic acids is 1. The highest BCUT2D eigenvalue weighted by atomic mass is 32.2. The van der Waals surface area contributed by atoms with Gasteiger partial charge in [-0.15, -0.1) is 0 Å². The van der Waals surface area contributed by atoms with Crippen molar-refractivity contribution in [3.05, 3.63) is 0 Å². The van der Waals surface area contributed by atoms with Gasteiger partial charge in [-0.3, -0.25) is 4.79 Å². The molecule has 1 saturated carbocycles. The van der Waals surface area contributed by atoms with Crippen molar-refractivity contribution in [1.82, 2.24) is 10.6 Å². The van der Waals surface area contributed by atoms with Gasteiger partial charge in [0, 0.05) is 25.3 Å². The molecule has 1 fully saturated rings. The van der Waals surface area contributed by atoms with Crippen LogP contribution in [0.4, 0.5) is 0 Å². The van der Waals surface area contributed by atoms with Crippen molar-refractivity contribution in [2.45, 2.75) is 39.2 Å². The fraction of sp³-hybridized carbons (Fsp3) is 0.917. The first kappa shape index (κ1) is 15.4. The van der Waals surface area contributed by atoms with Crippen molar-refractivity contribution in [1.29, 1.82) is 0 Å². The van der Waals surface area contributed by atoms with Gasteiger partial charge in [0.2, 0.25) is 5.91 Å². The zero-order chi connectivity index (χ0) is 13.8. The monoisotopic (exact) mass is 276 g/mol. The fourth-order valence-electron chi connectivity index (χ4n) is 2.20. The molecule has 0 radical (unpaired) electrons. The highest BCUT2D eigenvalue weighted by molar-refractivity contribution is 7.90. The van der Waals surface area contributed by atoms with Gasteiger partial charge in [-0.2, -0.15) is 0 Å². The molecule has 0 aromatic rings. The van der Waals surface area contributed by atoms with E-state index < -0.39 is 9.84 Å². The third kappa shape index (κ3) is 5.82. The molecule has 1 aliphatic rings. The molecule has 0 aromatic carbocycles. The van der Waals surface area contributed by atoms with E-state index in [9.17, 15) is 13.2 Å². The van der Waals surface area contributed by atoms with Crippen LogP contribution < -0.4 is 10.6 Å². The first-order valence-electron chi connectivity index (χ1n) is 6.44. The van der Waals surface area contributed by atoms with Gasteiger partial charge in [-0.25, -0.2) is 8.42 Å². The molecular weight excluding hydrogens is 252 g/mol. The molecular formula is C12H24N2O3S. The number of nitrogens with one attached hydrogen (secondary N) is 2. The van der Waals surface area contributed by atoms with Crippen LogP contribution in [0.5, 0.6) is 0 Å². The molecule has 0 spiro atoms. The van der Waals surface area contributed by atoms with Crippen molar-refractivity contribution in [3.8, 4) is 0 Å². The van der Waals surface area contributed by atoms with Crippen LogP contribution in [0.2, 0.25) is 0 Å². The van der Waals surface area contributed by atoms with Crippen LogP contribution in [0.15, 0.2) is 0 Å². The molecule has 1 atom stereocenters. The van der Waals surface area contributed by atoms with E-state index in [4.69, 9.17) is 0 Å². The van der Waals surface area contributed by atoms with Crippen LogP contribution in [-0.4, -0.2) is 45.5 Å². The van der Waals surface area contributed by atoms with Crippen molar-refractivity contribution in [3.63, 3.8) is 0 Å². The van der Waals surface area contributed by atoms with Crippen LogP contribution in [0.1, 0.15) is 33.1 Å². The smallest absolute Gasteiger partial charge is 0.220 e. The largest absolute Gasteiger partial charge is 0.355 e. The molecule has 1 amide bonds. The van der Waals surface area contributed by atoms with Crippen molar-refractivity contribution < 1.29 is 13.2 Å². The van der Waals surface area contributed by atoms with E-state index in [2.05, 4.69) is 10.6 Å². The molecule has 5 nitrogen and oxygen atoms in total. The van der Waals surface area contributed by atoms with Crippen molar-refractivity contribution >= 4 is 15.7 Å². The molecule has 1 aliphatic carbocycles. The Morgan fingerprint density at radius 2 is 2.00 bits per heavy atom. The summed E-state index contributed by atoms with van der Waals surface area (Å²) in [7, 11) is -3.00. The van der Waals surface area contributed by atoms with Gasteiger partial charge in [0.05, 0.1) is 5.75 Å². The highest BCUT2D eigenvalue weighted by Gasteiger charge is 2.46. The average molecular weight is 276 g/mol. The molecule has 1 rings (SSSR count). The predicted octanol–water partition coefficient (Wildman–Crippen LogP) is 0.316. The van der Waals surface area contributed by atoms with Crippen LogP contribution >= 0.6 is 0 Å². The zero-order valence-electron chi connectivity index (χ0n) is 11.5. The molecule has 0 heterocycles. The van der Waals surface area contributed by atoms with Crippen molar-refractivity contribution in [2.24, 2.45) is 5.41 Å². The summed E-state index contributed by atoms with van der Waals surface area (Å²) in [5.74, 6) is 0.0943. The summed E-state index contributed by atoms with van der Waals surface area (Å²) in [4.78, 5) is 11.8. The summed E-state index contributed by atoms with van der Waals surface area (Å²) in [6.45, 7) is 5.48. The number of rotatable bonds is 8. The lowest BCUT2D eigenvalue weighted by Gasteiger charge is -2.16. The van der Waals surface area contributed by atoms with Gasteiger partial charge in [0.25, 0.3) is 0 Å². The van der Waals surface area contributed by atoms with E-state index in [-0.39, 0.29) is 23.1 Å². The highest BCUT2D eigenvalue weighted by Crippen LogP contribution is 2.49. The SMILES string of the molecule is CCN[C@H](C)CNC(=O)CC1(CS(C)(=O)=O)CC1.